The van der Waals surface area contributed by atoms with Crippen LogP contribution in [0.15, 0.2) is 21.7 Å². The summed E-state index contributed by atoms with van der Waals surface area (Å²) in [5.41, 5.74) is 2.30. The normalized spacial score (nSPS) is 11.2. The Balaban J connectivity index is 0.00000400. The minimum Gasteiger partial charge on any atom is -1.00 e. The molecule has 0 bridgehead atoms. The SMILES string of the molecule is CC[N+](N)(CC)CC(=O)N/N=C/c1ccc([N+](=O)[O-])o1.[Br-]. The molecule has 1 aromatic heterocycles. The Bertz CT molecular complexity index is 512. The summed E-state index contributed by atoms with van der Waals surface area (Å²) in [7, 11) is 0. The van der Waals surface area contributed by atoms with Crippen molar-refractivity contribution in [3.05, 3.63) is 28.0 Å². The number of nitrogens with two attached hydrogens (primary N) is 1. The first-order valence-corrected chi connectivity index (χ1v) is 6.11. The number of hydrazone groups is 1. The topological polar surface area (TPSA) is 124 Å². The van der Waals surface area contributed by atoms with Gasteiger partial charge in [-0.05, 0) is 19.9 Å². The fourth-order valence-corrected chi connectivity index (χ4v) is 1.45. The molecule has 0 atom stereocenters. The Kier molecular flexibility index (Phi) is 7.77. The number of rotatable bonds is 7. The number of quaternary nitrogens is 1. The lowest BCUT2D eigenvalue weighted by Gasteiger charge is -2.28. The number of carbonyl (C=O) groups excluding carboxylic acids is 1. The quantitative estimate of drug-likeness (QED) is 0.180. The van der Waals surface area contributed by atoms with E-state index < -0.39 is 4.92 Å². The van der Waals surface area contributed by atoms with Gasteiger partial charge in [0.15, 0.2) is 12.3 Å². The van der Waals surface area contributed by atoms with Gasteiger partial charge in [-0.2, -0.15) is 10.9 Å². The smallest absolute Gasteiger partial charge is 0.433 e. The van der Waals surface area contributed by atoms with E-state index in [0.717, 1.165) is 0 Å². The Labute approximate surface area is 132 Å². The zero-order chi connectivity index (χ0) is 15.2. The van der Waals surface area contributed by atoms with Crippen LogP contribution in [-0.4, -0.2) is 41.3 Å². The minimum absolute atomic E-state index is 0. The van der Waals surface area contributed by atoms with Gasteiger partial charge >= 0.3 is 5.88 Å². The molecule has 1 aromatic rings. The lowest BCUT2D eigenvalue weighted by atomic mass is 10.4. The highest BCUT2D eigenvalue weighted by molar-refractivity contribution is 5.81. The van der Waals surface area contributed by atoms with Crippen molar-refractivity contribution >= 4 is 18.0 Å². The summed E-state index contributed by atoms with van der Waals surface area (Å²) in [6, 6.07) is 2.59. The highest BCUT2D eigenvalue weighted by Gasteiger charge is 2.22. The van der Waals surface area contributed by atoms with E-state index in [9.17, 15) is 14.9 Å². The van der Waals surface area contributed by atoms with Crippen LogP contribution in [0.5, 0.6) is 0 Å². The molecular formula is C11H18BrN5O4. The molecule has 0 aromatic carbocycles. The van der Waals surface area contributed by atoms with Gasteiger partial charge in [-0.15, -0.1) is 0 Å². The molecule has 3 N–H and O–H groups in total. The van der Waals surface area contributed by atoms with E-state index in [2.05, 4.69) is 10.5 Å². The zero-order valence-corrected chi connectivity index (χ0v) is 13.4. The van der Waals surface area contributed by atoms with E-state index in [0.29, 0.717) is 13.1 Å². The van der Waals surface area contributed by atoms with Crippen LogP contribution in [0, 0.1) is 10.1 Å². The van der Waals surface area contributed by atoms with Crippen molar-refractivity contribution in [1.82, 2.24) is 5.43 Å². The maximum absolute atomic E-state index is 11.6. The van der Waals surface area contributed by atoms with Gasteiger partial charge in [-0.3, -0.25) is 14.9 Å². The van der Waals surface area contributed by atoms with Crippen LogP contribution in [0.3, 0.4) is 0 Å². The largest absolute Gasteiger partial charge is 1.00 e. The molecule has 1 amide bonds. The van der Waals surface area contributed by atoms with Crippen LogP contribution < -0.4 is 28.2 Å². The van der Waals surface area contributed by atoms with E-state index in [-0.39, 0.29) is 45.7 Å². The van der Waals surface area contributed by atoms with Crippen LogP contribution in [0.2, 0.25) is 0 Å². The summed E-state index contributed by atoms with van der Waals surface area (Å²) in [5, 5.41) is 14.1. The van der Waals surface area contributed by atoms with Gasteiger partial charge in [-0.25, -0.2) is 10.0 Å². The number of likely N-dealkylation sites (N-methyl/N-ethyl adjacent to an activating group) is 1. The summed E-state index contributed by atoms with van der Waals surface area (Å²) in [6.45, 7) is 5.13. The fourth-order valence-electron chi connectivity index (χ4n) is 1.45. The second kappa shape index (κ2) is 8.49. The third kappa shape index (κ3) is 6.02. The molecule has 0 fully saturated rings. The predicted molar refractivity (Wildman–Crippen MR) is 71.5 cm³/mol. The molecule has 0 aliphatic rings. The van der Waals surface area contributed by atoms with Gasteiger partial charge < -0.3 is 21.4 Å². The van der Waals surface area contributed by atoms with Gasteiger partial charge in [0, 0.05) is 0 Å². The third-order valence-electron chi connectivity index (χ3n) is 2.89. The molecule has 1 rings (SSSR count). The maximum Gasteiger partial charge on any atom is 0.433 e. The van der Waals surface area contributed by atoms with Gasteiger partial charge in [-0.1, -0.05) is 0 Å². The second-order valence-corrected chi connectivity index (χ2v) is 4.24. The van der Waals surface area contributed by atoms with Crippen LogP contribution >= 0.6 is 0 Å². The average Bonchev–Trinajstić information content (AvgIpc) is 2.87. The Hall–Kier alpha value is -1.78. The van der Waals surface area contributed by atoms with Crippen molar-refractivity contribution in [2.75, 3.05) is 19.6 Å². The zero-order valence-electron chi connectivity index (χ0n) is 11.8. The van der Waals surface area contributed by atoms with E-state index in [1.807, 2.05) is 13.8 Å². The van der Waals surface area contributed by atoms with Gasteiger partial charge in [0.2, 0.25) is 0 Å². The molecule has 0 aliphatic heterocycles. The Morgan fingerprint density at radius 3 is 2.62 bits per heavy atom. The molecule has 10 heteroatoms. The Morgan fingerprint density at radius 1 is 1.52 bits per heavy atom. The maximum atomic E-state index is 11.6. The van der Waals surface area contributed by atoms with E-state index in [1.54, 1.807) is 0 Å². The fraction of sp³-hybridized carbons (Fsp3) is 0.455. The van der Waals surface area contributed by atoms with Crippen molar-refractivity contribution in [1.29, 1.82) is 0 Å². The highest BCUT2D eigenvalue weighted by atomic mass is 79.9. The van der Waals surface area contributed by atoms with Crippen LogP contribution in [0.4, 0.5) is 5.88 Å². The number of nitrogens with one attached hydrogen (secondary N) is 1. The van der Waals surface area contributed by atoms with Crippen molar-refractivity contribution in [2.45, 2.75) is 13.8 Å². The van der Waals surface area contributed by atoms with Gasteiger partial charge in [0.1, 0.15) is 4.92 Å². The number of carbonyl (C=O) groups is 1. The van der Waals surface area contributed by atoms with Crippen molar-refractivity contribution in [3.63, 3.8) is 0 Å². The Morgan fingerprint density at radius 2 is 2.14 bits per heavy atom. The minimum atomic E-state index is -0.654. The number of halogens is 1. The lowest BCUT2D eigenvalue weighted by Crippen LogP contribution is -3.00. The lowest BCUT2D eigenvalue weighted by molar-refractivity contribution is -0.929. The molecule has 0 unspecified atom stereocenters. The molecule has 0 saturated carbocycles. The average molecular weight is 364 g/mol. The summed E-state index contributed by atoms with van der Waals surface area (Å²) in [6.07, 6.45) is 1.19. The van der Waals surface area contributed by atoms with Gasteiger partial charge in [0.25, 0.3) is 5.91 Å². The van der Waals surface area contributed by atoms with E-state index in [4.69, 9.17) is 10.3 Å². The van der Waals surface area contributed by atoms with Crippen molar-refractivity contribution < 1.29 is 35.7 Å². The van der Waals surface area contributed by atoms with E-state index in [1.165, 1.54) is 18.3 Å². The standard InChI is InChI=1S/C11H17N5O4.BrH/c1-3-16(12,4-2)8-10(17)14-13-7-9-5-6-11(20-9)15(18)19;/h5-7H,3-4,8,12H2,1-2H3;1H/b13-7+;. The number of hydrogen-bond donors (Lipinski definition) is 2. The first-order chi connectivity index (χ1) is 9.40. The molecular weight excluding hydrogens is 346 g/mol. The van der Waals surface area contributed by atoms with Crippen LogP contribution in [0.1, 0.15) is 19.6 Å². The number of hydrogen-bond acceptors (Lipinski definition) is 6. The molecule has 0 aliphatic carbocycles. The molecule has 0 radical (unpaired) electrons. The molecule has 9 nitrogen and oxygen atoms in total. The summed E-state index contributed by atoms with van der Waals surface area (Å²) >= 11 is 0. The van der Waals surface area contributed by atoms with Gasteiger partial charge in [0.05, 0.1) is 25.4 Å². The first kappa shape index (κ1) is 19.2. The highest BCUT2D eigenvalue weighted by Crippen LogP contribution is 2.13. The molecule has 0 spiro atoms. The monoisotopic (exact) mass is 363 g/mol. The van der Waals surface area contributed by atoms with E-state index >= 15 is 0 Å². The second-order valence-electron chi connectivity index (χ2n) is 4.24. The predicted octanol–water partition coefficient (Wildman–Crippen LogP) is -2.63. The number of nitro groups is 1. The van der Waals surface area contributed by atoms with Crippen molar-refractivity contribution in [3.8, 4) is 0 Å². The summed E-state index contributed by atoms with van der Waals surface area (Å²) in [5.74, 6) is 5.40. The number of amides is 1. The molecule has 21 heavy (non-hydrogen) atoms. The molecule has 118 valence electrons. The molecule has 0 saturated heterocycles. The summed E-state index contributed by atoms with van der Waals surface area (Å²) < 4.78 is 4.96. The summed E-state index contributed by atoms with van der Waals surface area (Å²) in [4.78, 5) is 21.4. The first-order valence-electron chi connectivity index (χ1n) is 6.11. The van der Waals surface area contributed by atoms with Crippen LogP contribution in [-0.2, 0) is 4.79 Å². The molecule has 1 heterocycles. The number of nitrogens with zero attached hydrogens (tertiary/aromatic N) is 3. The van der Waals surface area contributed by atoms with Crippen molar-refractivity contribution in [2.24, 2.45) is 10.9 Å². The number of furan rings is 1. The van der Waals surface area contributed by atoms with Crippen LogP contribution in [0.25, 0.3) is 0 Å². The third-order valence-corrected chi connectivity index (χ3v) is 2.89.